The Morgan fingerprint density at radius 1 is 1.41 bits per heavy atom. The molecule has 1 aliphatic carbocycles. The first-order valence-electron chi connectivity index (χ1n) is 6.31. The van der Waals surface area contributed by atoms with Crippen molar-refractivity contribution >= 4 is 17.1 Å². The van der Waals surface area contributed by atoms with Gasteiger partial charge in [-0.3, -0.25) is 4.57 Å². The van der Waals surface area contributed by atoms with E-state index >= 15 is 0 Å². The average Bonchev–Trinajstić information content (AvgIpc) is 2.94. The van der Waals surface area contributed by atoms with Crippen LogP contribution in [0.4, 0.5) is 5.95 Å². The summed E-state index contributed by atoms with van der Waals surface area (Å²) in [6, 6.07) is 4.51. The molecule has 0 saturated heterocycles. The van der Waals surface area contributed by atoms with Crippen molar-refractivity contribution in [3.63, 3.8) is 0 Å². The quantitative estimate of drug-likeness (QED) is 0.882. The van der Waals surface area contributed by atoms with E-state index in [0.29, 0.717) is 12.0 Å². The van der Waals surface area contributed by atoms with Crippen LogP contribution >= 0.6 is 0 Å². The van der Waals surface area contributed by atoms with Crippen LogP contribution in [-0.2, 0) is 0 Å². The topological polar surface area (TPSA) is 56.7 Å². The third kappa shape index (κ3) is 1.68. The minimum absolute atomic E-state index is 0.522. The Hall–Kier alpha value is -1.58. The van der Waals surface area contributed by atoms with Crippen LogP contribution in [0.3, 0.4) is 0 Å². The van der Waals surface area contributed by atoms with Gasteiger partial charge in [0.25, 0.3) is 0 Å². The SMILES string of the molecule is CCCC1CC1n1c(N)nc2ccc(C)nc21. The van der Waals surface area contributed by atoms with Gasteiger partial charge in [0, 0.05) is 11.7 Å². The van der Waals surface area contributed by atoms with Crippen molar-refractivity contribution in [2.24, 2.45) is 5.92 Å². The molecule has 4 heteroatoms. The van der Waals surface area contributed by atoms with E-state index in [1.807, 2.05) is 19.1 Å². The van der Waals surface area contributed by atoms with E-state index < -0.39 is 0 Å². The maximum absolute atomic E-state index is 6.01. The molecule has 0 bridgehead atoms. The fourth-order valence-corrected chi connectivity index (χ4v) is 2.64. The molecule has 4 nitrogen and oxygen atoms in total. The minimum Gasteiger partial charge on any atom is -0.369 e. The molecule has 90 valence electrons. The van der Waals surface area contributed by atoms with Gasteiger partial charge in [-0.25, -0.2) is 9.97 Å². The number of rotatable bonds is 3. The highest BCUT2D eigenvalue weighted by atomic mass is 15.2. The van der Waals surface area contributed by atoms with Gasteiger partial charge >= 0.3 is 0 Å². The van der Waals surface area contributed by atoms with Gasteiger partial charge in [0.1, 0.15) is 5.52 Å². The number of nitrogens with two attached hydrogens (primary N) is 1. The van der Waals surface area contributed by atoms with E-state index in [1.165, 1.54) is 19.3 Å². The number of fused-ring (bicyclic) bond motifs is 1. The minimum atomic E-state index is 0.522. The molecule has 3 rings (SSSR count). The molecule has 2 aromatic rings. The number of anilines is 1. The van der Waals surface area contributed by atoms with Crippen molar-refractivity contribution in [1.82, 2.24) is 14.5 Å². The van der Waals surface area contributed by atoms with Crippen molar-refractivity contribution in [3.8, 4) is 0 Å². The molecule has 0 amide bonds. The molecule has 1 saturated carbocycles. The highest BCUT2D eigenvalue weighted by Gasteiger charge is 2.39. The fourth-order valence-electron chi connectivity index (χ4n) is 2.64. The Labute approximate surface area is 101 Å². The number of pyridine rings is 1. The lowest BCUT2D eigenvalue weighted by molar-refractivity contribution is 0.619. The number of hydrogen-bond donors (Lipinski definition) is 1. The summed E-state index contributed by atoms with van der Waals surface area (Å²) in [5.41, 5.74) is 8.90. The Morgan fingerprint density at radius 3 is 3.00 bits per heavy atom. The predicted octanol–water partition coefficient (Wildman–Crippen LogP) is 2.68. The molecule has 2 atom stereocenters. The summed E-state index contributed by atoms with van der Waals surface area (Å²) in [4.78, 5) is 8.96. The van der Waals surface area contributed by atoms with Gasteiger partial charge in [-0.2, -0.15) is 0 Å². The molecular formula is C13H18N4. The Balaban J connectivity index is 2.04. The zero-order valence-corrected chi connectivity index (χ0v) is 10.3. The van der Waals surface area contributed by atoms with Gasteiger partial charge < -0.3 is 5.73 Å². The van der Waals surface area contributed by atoms with Gasteiger partial charge in [-0.05, 0) is 37.8 Å². The number of imidazole rings is 1. The first-order chi connectivity index (χ1) is 8.20. The second-order valence-electron chi connectivity index (χ2n) is 4.99. The predicted molar refractivity (Wildman–Crippen MR) is 68.7 cm³/mol. The third-order valence-corrected chi connectivity index (χ3v) is 3.58. The largest absolute Gasteiger partial charge is 0.369 e. The monoisotopic (exact) mass is 230 g/mol. The number of nitrogen functional groups attached to an aromatic ring is 1. The Morgan fingerprint density at radius 2 is 2.24 bits per heavy atom. The normalized spacial score (nSPS) is 23.2. The average molecular weight is 230 g/mol. The summed E-state index contributed by atoms with van der Waals surface area (Å²) in [6.45, 7) is 4.23. The highest BCUT2D eigenvalue weighted by Crippen LogP contribution is 2.48. The smallest absolute Gasteiger partial charge is 0.202 e. The van der Waals surface area contributed by atoms with Gasteiger partial charge in [0.2, 0.25) is 5.95 Å². The third-order valence-electron chi connectivity index (χ3n) is 3.58. The Kier molecular flexibility index (Phi) is 2.31. The lowest BCUT2D eigenvalue weighted by Crippen LogP contribution is -2.03. The van der Waals surface area contributed by atoms with Crippen molar-refractivity contribution in [1.29, 1.82) is 0 Å². The van der Waals surface area contributed by atoms with Gasteiger partial charge in [-0.1, -0.05) is 13.3 Å². The second-order valence-corrected chi connectivity index (χ2v) is 4.99. The molecule has 0 aromatic carbocycles. The second kappa shape index (κ2) is 3.72. The number of nitrogens with zero attached hydrogens (tertiary/aromatic N) is 3. The summed E-state index contributed by atoms with van der Waals surface area (Å²) < 4.78 is 2.13. The van der Waals surface area contributed by atoms with Crippen LogP contribution in [0, 0.1) is 12.8 Å². The summed E-state index contributed by atoms with van der Waals surface area (Å²) in [6.07, 6.45) is 3.73. The summed E-state index contributed by atoms with van der Waals surface area (Å²) in [5, 5.41) is 0. The lowest BCUT2D eigenvalue weighted by Gasteiger charge is -2.05. The fraction of sp³-hybridized carbons (Fsp3) is 0.538. The van der Waals surface area contributed by atoms with Crippen molar-refractivity contribution in [2.75, 3.05) is 5.73 Å². The van der Waals surface area contributed by atoms with E-state index in [-0.39, 0.29) is 0 Å². The van der Waals surface area contributed by atoms with E-state index in [2.05, 4.69) is 21.5 Å². The standard InChI is InChI=1S/C13H18N4/c1-3-4-9-7-11(9)17-12-10(16-13(17)14)6-5-8(2)15-12/h5-6,9,11H,3-4,7H2,1-2H3,(H2,14,16). The molecule has 17 heavy (non-hydrogen) atoms. The van der Waals surface area contributed by atoms with Crippen LogP contribution in [0.1, 0.15) is 37.9 Å². The van der Waals surface area contributed by atoms with Crippen molar-refractivity contribution < 1.29 is 0 Å². The lowest BCUT2D eigenvalue weighted by atomic mass is 10.2. The molecule has 1 aliphatic rings. The molecule has 0 aliphatic heterocycles. The van der Waals surface area contributed by atoms with E-state index in [0.717, 1.165) is 22.8 Å². The molecule has 2 aromatic heterocycles. The first-order valence-corrected chi connectivity index (χ1v) is 6.31. The van der Waals surface area contributed by atoms with Crippen molar-refractivity contribution in [2.45, 2.75) is 39.2 Å². The van der Waals surface area contributed by atoms with Gasteiger partial charge in [-0.15, -0.1) is 0 Å². The van der Waals surface area contributed by atoms with Gasteiger partial charge in [0.05, 0.1) is 0 Å². The zero-order valence-electron chi connectivity index (χ0n) is 10.3. The molecule has 2 unspecified atom stereocenters. The molecule has 2 heterocycles. The molecule has 2 N–H and O–H groups in total. The molecular weight excluding hydrogens is 212 g/mol. The van der Waals surface area contributed by atoms with E-state index in [4.69, 9.17) is 5.73 Å². The zero-order chi connectivity index (χ0) is 12.0. The summed E-state index contributed by atoms with van der Waals surface area (Å²) >= 11 is 0. The summed E-state index contributed by atoms with van der Waals surface area (Å²) in [7, 11) is 0. The Bertz CT molecular complexity index is 558. The molecule has 0 spiro atoms. The van der Waals surface area contributed by atoms with Crippen LogP contribution in [0.15, 0.2) is 12.1 Å². The van der Waals surface area contributed by atoms with Crippen LogP contribution in [0.5, 0.6) is 0 Å². The number of hydrogen-bond acceptors (Lipinski definition) is 3. The highest BCUT2D eigenvalue weighted by molar-refractivity contribution is 5.74. The molecule has 1 fully saturated rings. The van der Waals surface area contributed by atoms with E-state index in [1.54, 1.807) is 0 Å². The molecule has 0 radical (unpaired) electrons. The maximum Gasteiger partial charge on any atom is 0.202 e. The van der Waals surface area contributed by atoms with Crippen LogP contribution in [0.2, 0.25) is 0 Å². The van der Waals surface area contributed by atoms with Crippen LogP contribution in [-0.4, -0.2) is 14.5 Å². The number of aromatic nitrogens is 3. The van der Waals surface area contributed by atoms with Gasteiger partial charge in [0.15, 0.2) is 5.65 Å². The summed E-state index contributed by atoms with van der Waals surface area (Å²) in [5.74, 6) is 1.38. The van der Waals surface area contributed by atoms with E-state index in [9.17, 15) is 0 Å². The maximum atomic E-state index is 6.01. The number of aryl methyl sites for hydroxylation is 1. The first kappa shape index (κ1) is 10.6. The van der Waals surface area contributed by atoms with Crippen LogP contribution in [0.25, 0.3) is 11.2 Å². The van der Waals surface area contributed by atoms with Crippen LogP contribution < -0.4 is 5.73 Å². The van der Waals surface area contributed by atoms with Crippen molar-refractivity contribution in [3.05, 3.63) is 17.8 Å².